The summed E-state index contributed by atoms with van der Waals surface area (Å²) in [4.78, 5) is 21.3. The first-order chi connectivity index (χ1) is 10.1. The maximum absolute atomic E-state index is 12.6. The van der Waals surface area contributed by atoms with Crippen molar-refractivity contribution in [1.29, 1.82) is 0 Å². The van der Waals surface area contributed by atoms with Gasteiger partial charge in [0.1, 0.15) is 0 Å². The molecule has 1 unspecified atom stereocenters. The zero-order chi connectivity index (χ0) is 14.8. The van der Waals surface area contributed by atoms with Gasteiger partial charge < -0.3 is 0 Å². The molecule has 0 amide bonds. The molecule has 2 heterocycles. The van der Waals surface area contributed by atoms with Gasteiger partial charge in [0, 0.05) is 24.4 Å². The van der Waals surface area contributed by atoms with Gasteiger partial charge in [-0.3, -0.25) is 14.3 Å². The molecule has 21 heavy (non-hydrogen) atoms. The molecule has 106 valence electrons. The first-order valence-corrected chi connectivity index (χ1v) is 7.02. The second kappa shape index (κ2) is 5.48. The van der Waals surface area contributed by atoms with Crippen LogP contribution in [0.15, 0.2) is 53.7 Å². The van der Waals surface area contributed by atoms with Crippen LogP contribution in [-0.2, 0) is 6.42 Å². The van der Waals surface area contributed by atoms with Crippen LogP contribution in [-0.4, -0.2) is 14.5 Å². The maximum Gasteiger partial charge on any atom is 0.261 e. The minimum atomic E-state index is 0.00660. The van der Waals surface area contributed by atoms with Crippen molar-refractivity contribution in [2.45, 2.75) is 26.3 Å². The number of fused-ring (bicyclic) bond motifs is 1. The van der Waals surface area contributed by atoms with Gasteiger partial charge in [-0.15, -0.1) is 0 Å². The molecule has 0 spiro atoms. The largest absolute Gasteiger partial charge is 0.295 e. The summed E-state index contributed by atoms with van der Waals surface area (Å²) in [5.74, 6) is 0. The van der Waals surface area contributed by atoms with Crippen LogP contribution in [0.2, 0.25) is 0 Å². The van der Waals surface area contributed by atoms with Crippen LogP contribution in [0.1, 0.15) is 24.2 Å². The van der Waals surface area contributed by atoms with Crippen molar-refractivity contribution in [2.75, 3.05) is 0 Å². The molecule has 0 radical (unpaired) electrons. The van der Waals surface area contributed by atoms with Crippen LogP contribution in [0, 0.1) is 6.92 Å². The number of hydrogen-bond acceptors (Lipinski definition) is 3. The Morgan fingerprint density at radius 2 is 2.05 bits per heavy atom. The Morgan fingerprint density at radius 3 is 2.81 bits per heavy atom. The summed E-state index contributed by atoms with van der Waals surface area (Å²) in [6.45, 7) is 3.99. The molecule has 0 fully saturated rings. The van der Waals surface area contributed by atoms with Crippen LogP contribution >= 0.6 is 0 Å². The molecule has 3 aromatic rings. The van der Waals surface area contributed by atoms with E-state index in [1.54, 1.807) is 17.1 Å². The third-order valence-corrected chi connectivity index (χ3v) is 3.64. The minimum absolute atomic E-state index is 0.00660. The first-order valence-electron chi connectivity index (χ1n) is 7.02. The highest BCUT2D eigenvalue weighted by molar-refractivity contribution is 5.77. The Labute approximate surface area is 123 Å². The van der Waals surface area contributed by atoms with Crippen molar-refractivity contribution in [3.63, 3.8) is 0 Å². The normalized spacial score (nSPS) is 12.5. The van der Waals surface area contributed by atoms with E-state index in [1.807, 2.05) is 50.2 Å². The Morgan fingerprint density at radius 1 is 1.19 bits per heavy atom. The van der Waals surface area contributed by atoms with Gasteiger partial charge >= 0.3 is 0 Å². The Balaban J connectivity index is 2.00. The van der Waals surface area contributed by atoms with Gasteiger partial charge in [-0.1, -0.05) is 17.7 Å². The Bertz CT molecular complexity index is 824. The lowest BCUT2D eigenvalue weighted by molar-refractivity contribution is 0.517. The maximum atomic E-state index is 12.6. The second-order valence-corrected chi connectivity index (χ2v) is 5.35. The number of aromatic nitrogens is 3. The van der Waals surface area contributed by atoms with Crippen molar-refractivity contribution in [1.82, 2.24) is 14.5 Å². The minimum Gasteiger partial charge on any atom is -0.295 e. The summed E-state index contributed by atoms with van der Waals surface area (Å²) in [7, 11) is 0. The zero-order valence-corrected chi connectivity index (χ0v) is 12.2. The van der Waals surface area contributed by atoms with Gasteiger partial charge in [0.2, 0.25) is 0 Å². The van der Waals surface area contributed by atoms with E-state index in [4.69, 9.17) is 0 Å². The van der Waals surface area contributed by atoms with E-state index in [0.717, 1.165) is 16.8 Å². The second-order valence-electron chi connectivity index (χ2n) is 5.35. The molecule has 1 atom stereocenters. The van der Waals surface area contributed by atoms with Gasteiger partial charge in [0.15, 0.2) is 0 Å². The quantitative estimate of drug-likeness (QED) is 0.740. The summed E-state index contributed by atoms with van der Waals surface area (Å²) < 4.78 is 1.69. The van der Waals surface area contributed by atoms with E-state index in [2.05, 4.69) is 9.97 Å². The van der Waals surface area contributed by atoms with Gasteiger partial charge in [-0.2, -0.15) is 0 Å². The average molecular weight is 279 g/mol. The van der Waals surface area contributed by atoms with Gasteiger partial charge in [-0.05, 0) is 38.1 Å². The lowest BCUT2D eigenvalue weighted by atomic mass is 10.1. The molecule has 4 nitrogen and oxygen atoms in total. The van der Waals surface area contributed by atoms with Crippen molar-refractivity contribution in [2.24, 2.45) is 0 Å². The molecule has 2 aromatic heterocycles. The molecule has 0 aliphatic carbocycles. The van der Waals surface area contributed by atoms with Gasteiger partial charge in [0.05, 0.1) is 17.2 Å². The molecule has 3 rings (SSSR count). The topological polar surface area (TPSA) is 47.8 Å². The van der Waals surface area contributed by atoms with Crippen molar-refractivity contribution < 1.29 is 0 Å². The highest BCUT2D eigenvalue weighted by Gasteiger charge is 2.11. The van der Waals surface area contributed by atoms with E-state index in [1.165, 1.54) is 0 Å². The zero-order valence-electron chi connectivity index (χ0n) is 12.2. The smallest absolute Gasteiger partial charge is 0.261 e. The van der Waals surface area contributed by atoms with Gasteiger partial charge in [-0.25, -0.2) is 4.98 Å². The fourth-order valence-electron chi connectivity index (χ4n) is 2.48. The number of hydrogen-bond donors (Lipinski definition) is 0. The van der Waals surface area contributed by atoms with Crippen molar-refractivity contribution in [3.05, 3.63) is 70.5 Å². The highest BCUT2D eigenvalue weighted by atomic mass is 16.1. The molecule has 0 bridgehead atoms. The Hall–Kier alpha value is -2.49. The molecule has 0 aliphatic heterocycles. The standard InChI is InChI=1S/C17H17N3O/c1-12-6-7-16-15(9-12)17(21)20(11-19-16)13(2)10-14-5-3-4-8-18-14/h3-9,11,13H,10H2,1-2H3. The third kappa shape index (κ3) is 2.70. The summed E-state index contributed by atoms with van der Waals surface area (Å²) in [5.41, 5.74) is 2.79. The van der Waals surface area contributed by atoms with Crippen LogP contribution in [0.3, 0.4) is 0 Å². The Kier molecular flexibility index (Phi) is 3.52. The number of benzene rings is 1. The molecule has 0 saturated heterocycles. The lowest BCUT2D eigenvalue weighted by Crippen LogP contribution is -2.25. The number of aryl methyl sites for hydroxylation is 1. The van der Waals surface area contributed by atoms with E-state index in [-0.39, 0.29) is 11.6 Å². The summed E-state index contributed by atoms with van der Waals surface area (Å²) >= 11 is 0. The summed E-state index contributed by atoms with van der Waals surface area (Å²) in [5, 5.41) is 0.672. The molecule has 0 aliphatic rings. The molecule has 0 N–H and O–H groups in total. The van der Waals surface area contributed by atoms with E-state index >= 15 is 0 Å². The fourth-order valence-corrected chi connectivity index (χ4v) is 2.48. The van der Waals surface area contributed by atoms with Crippen LogP contribution in [0.4, 0.5) is 0 Å². The predicted octanol–water partition coefficient (Wildman–Crippen LogP) is 2.90. The average Bonchev–Trinajstić information content (AvgIpc) is 2.49. The highest BCUT2D eigenvalue weighted by Crippen LogP contribution is 2.13. The SMILES string of the molecule is Cc1ccc2ncn(C(C)Cc3ccccn3)c(=O)c2c1. The number of pyridine rings is 1. The van der Waals surface area contributed by atoms with E-state index in [9.17, 15) is 4.79 Å². The first kappa shape index (κ1) is 13.5. The van der Waals surface area contributed by atoms with E-state index in [0.29, 0.717) is 11.8 Å². The summed E-state index contributed by atoms with van der Waals surface area (Å²) in [6.07, 6.45) is 4.11. The monoisotopic (exact) mass is 279 g/mol. The molecular weight excluding hydrogens is 262 g/mol. The molecule has 1 aromatic carbocycles. The van der Waals surface area contributed by atoms with E-state index < -0.39 is 0 Å². The fraction of sp³-hybridized carbons (Fsp3) is 0.235. The van der Waals surface area contributed by atoms with Crippen LogP contribution in [0.5, 0.6) is 0 Å². The van der Waals surface area contributed by atoms with Gasteiger partial charge in [0.25, 0.3) is 5.56 Å². The number of nitrogens with zero attached hydrogens (tertiary/aromatic N) is 3. The third-order valence-electron chi connectivity index (χ3n) is 3.64. The molecule has 0 saturated carbocycles. The lowest BCUT2D eigenvalue weighted by Gasteiger charge is -2.15. The number of rotatable bonds is 3. The summed E-state index contributed by atoms with van der Waals surface area (Å²) in [6, 6.07) is 11.6. The van der Waals surface area contributed by atoms with Crippen LogP contribution in [0.25, 0.3) is 10.9 Å². The molecule has 4 heteroatoms. The van der Waals surface area contributed by atoms with Crippen molar-refractivity contribution >= 4 is 10.9 Å². The predicted molar refractivity (Wildman–Crippen MR) is 83.4 cm³/mol. The molecular formula is C17H17N3O. The van der Waals surface area contributed by atoms with Crippen molar-refractivity contribution in [3.8, 4) is 0 Å². The van der Waals surface area contributed by atoms with Crippen LogP contribution < -0.4 is 5.56 Å².